The van der Waals surface area contributed by atoms with Crippen molar-refractivity contribution in [2.24, 2.45) is 11.3 Å². The monoisotopic (exact) mass is 268 g/mol. The number of hydrogen-bond acceptors (Lipinski definition) is 1. The molecule has 66 valence electrons. The molecule has 0 radical (unpaired) electrons. The minimum Gasteiger partial charge on any atom is -0.377 e. The van der Waals surface area contributed by atoms with E-state index in [9.17, 15) is 0 Å². The SMILES string of the molecule is CC(C)(C)[C@H]1CO[C@@H](CI)C1. The van der Waals surface area contributed by atoms with Gasteiger partial charge in [0.05, 0.1) is 12.7 Å². The predicted molar refractivity (Wildman–Crippen MR) is 56.2 cm³/mol. The summed E-state index contributed by atoms with van der Waals surface area (Å²) < 4.78 is 6.78. The van der Waals surface area contributed by atoms with Crippen LogP contribution in [-0.4, -0.2) is 17.1 Å². The van der Waals surface area contributed by atoms with Crippen LogP contribution in [0.2, 0.25) is 0 Å². The molecule has 0 N–H and O–H groups in total. The van der Waals surface area contributed by atoms with E-state index in [1.54, 1.807) is 0 Å². The lowest BCUT2D eigenvalue weighted by Crippen LogP contribution is -2.20. The Morgan fingerprint density at radius 2 is 2.09 bits per heavy atom. The Balaban J connectivity index is 2.42. The highest BCUT2D eigenvalue weighted by molar-refractivity contribution is 14.1. The van der Waals surface area contributed by atoms with Gasteiger partial charge in [-0.1, -0.05) is 43.4 Å². The molecule has 1 saturated heterocycles. The van der Waals surface area contributed by atoms with Crippen LogP contribution in [0.3, 0.4) is 0 Å². The first-order valence-electron chi connectivity index (χ1n) is 4.21. The predicted octanol–water partition coefficient (Wildman–Crippen LogP) is 2.87. The summed E-state index contributed by atoms with van der Waals surface area (Å²) in [7, 11) is 0. The van der Waals surface area contributed by atoms with E-state index in [2.05, 4.69) is 43.4 Å². The summed E-state index contributed by atoms with van der Waals surface area (Å²) >= 11 is 2.40. The topological polar surface area (TPSA) is 9.23 Å². The molecule has 1 aliphatic heterocycles. The Morgan fingerprint density at radius 3 is 2.36 bits per heavy atom. The molecule has 1 aliphatic rings. The Morgan fingerprint density at radius 1 is 1.45 bits per heavy atom. The zero-order chi connectivity index (χ0) is 8.48. The lowest BCUT2D eigenvalue weighted by molar-refractivity contribution is 0.112. The third-order valence-corrected chi connectivity index (χ3v) is 3.46. The van der Waals surface area contributed by atoms with Gasteiger partial charge in [0.25, 0.3) is 0 Å². The molecular weight excluding hydrogens is 251 g/mol. The molecule has 0 spiro atoms. The molecule has 0 aromatic rings. The quantitative estimate of drug-likeness (QED) is 0.525. The van der Waals surface area contributed by atoms with Gasteiger partial charge in [-0.2, -0.15) is 0 Å². The Hall–Kier alpha value is 0.690. The number of alkyl halides is 1. The van der Waals surface area contributed by atoms with Gasteiger partial charge in [-0.25, -0.2) is 0 Å². The molecule has 0 unspecified atom stereocenters. The molecule has 11 heavy (non-hydrogen) atoms. The summed E-state index contributed by atoms with van der Waals surface area (Å²) in [5.41, 5.74) is 0.431. The summed E-state index contributed by atoms with van der Waals surface area (Å²) in [5, 5.41) is 0. The molecule has 2 atom stereocenters. The molecule has 0 bridgehead atoms. The number of hydrogen-bond donors (Lipinski definition) is 0. The maximum atomic E-state index is 5.63. The van der Waals surface area contributed by atoms with E-state index in [1.165, 1.54) is 6.42 Å². The molecule has 1 rings (SSSR count). The summed E-state index contributed by atoms with van der Waals surface area (Å²) in [4.78, 5) is 0. The maximum Gasteiger partial charge on any atom is 0.0668 e. The second kappa shape index (κ2) is 3.60. The van der Waals surface area contributed by atoms with Crippen molar-refractivity contribution in [2.45, 2.75) is 33.3 Å². The smallest absolute Gasteiger partial charge is 0.0668 e. The Kier molecular flexibility index (Phi) is 3.20. The van der Waals surface area contributed by atoms with Crippen LogP contribution in [0.1, 0.15) is 27.2 Å². The second-order valence-electron chi connectivity index (χ2n) is 4.41. The summed E-state index contributed by atoms with van der Waals surface area (Å²) in [6.45, 7) is 7.88. The van der Waals surface area contributed by atoms with Gasteiger partial charge < -0.3 is 4.74 Å². The van der Waals surface area contributed by atoms with Crippen LogP contribution in [0.25, 0.3) is 0 Å². The van der Waals surface area contributed by atoms with Gasteiger partial charge in [-0.3, -0.25) is 0 Å². The van der Waals surface area contributed by atoms with Gasteiger partial charge in [0.2, 0.25) is 0 Å². The zero-order valence-corrected chi connectivity index (χ0v) is 9.72. The van der Waals surface area contributed by atoms with Crippen LogP contribution >= 0.6 is 22.6 Å². The minimum absolute atomic E-state index is 0.431. The lowest BCUT2D eigenvalue weighted by Gasteiger charge is -2.25. The minimum atomic E-state index is 0.431. The van der Waals surface area contributed by atoms with E-state index in [1.807, 2.05) is 0 Å². The molecule has 0 aromatic carbocycles. The zero-order valence-electron chi connectivity index (χ0n) is 7.56. The molecule has 1 fully saturated rings. The van der Waals surface area contributed by atoms with Crippen molar-refractivity contribution < 1.29 is 4.74 Å². The molecule has 1 heterocycles. The van der Waals surface area contributed by atoms with Gasteiger partial charge in [0, 0.05) is 4.43 Å². The van der Waals surface area contributed by atoms with Gasteiger partial charge >= 0.3 is 0 Å². The van der Waals surface area contributed by atoms with Crippen molar-refractivity contribution in [2.75, 3.05) is 11.0 Å². The molecule has 1 nitrogen and oxygen atoms in total. The first-order valence-corrected chi connectivity index (χ1v) is 5.74. The fraction of sp³-hybridized carbons (Fsp3) is 1.00. The fourth-order valence-electron chi connectivity index (χ4n) is 1.42. The lowest BCUT2D eigenvalue weighted by atomic mass is 9.80. The van der Waals surface area contributed by atoms with Crippen LogP contribution in [0.5, 0.6) is 0 Å². The van der Waals surface area contributed by atoms with Crippen LogP contribution in [0, 0.1) is 11.3 Å². The molecule has 0 amide bonds. The number of ether oxygens (including phenoxy) is 1. The van der Waals surface area contributed by atoms with Gasteiger partial charge in [-0.15, -0.1) is 0 Å². The summed E-state index contributed by atoms with van der Waals surface area (Å²) in [6, 6.07) is 0. The first-order chi connectivity index (χ1) is 5.04. The van der Waals surface area contributed by atoms with Crippen LogP contribution < -0.4 is 0 Å². The van der Waals surface area contributed by atoms with Crippen LogP contribution in [0.4, 0.5) is 0 Å². The van der Waals surface area contributed by atoms with Gasteiger partial charge in [-0.05, 0) is 17.8 Å². The third-order valence-electron chi connectivity index (χ3n) is 2.48. The van der Waals surface area contributed by atoms with Crippen LogP contribution in [-0.2, 0) is 4.74 Å². The number of rotatable bonds is 1. The Labute approximate surface area is 83.0 Å². The largest absolute Gasteiger partial charge is 0.377 e. The van der Waals surface area contributed by atoms with Crippen molar-refractivity contribution >= 4 is 22.6 Å². The number of halogens is 1. The van der Waals surface area contributed by atoms with Gasteiger partial charge in [0.15, 0.2) is 0 Å². The highest BCUT2D eigenvalue weighted by Gasteiger charge is 2.32. The van der Waals surface area contributed by atoms with Crippen molar-refractivity contribution in [1.82, 2.24) is 0 Å². The fourth-order valence-corrected chi connectivity index (χ4v) is 2.03. The normalized spacial score (nSPS) is 32.7. The summed E-state index contributed by atoms with van der Waals surface area (Å²) in [5.74, 6) is 0.766. The standard InChI is InChI=1S/C9H17IO/c1-9(2,3)7-4-8(5-10)11-6-7/h7-8H,4-6H2,1-3H3/t7-,8-/m1/s1. The molecule has 0 saturated carbocycles. The molecule has 2 heteroatoms. The van der Waals surface area contributed by atoms with E-state index < -0.39 is 0 Å². The van der Waals surface area contributed by atoms with E-state index in [4.69, 9.17) is 4.74 Å². The first kappa shape index (κ1) is 9.78. The Bertz CT molecular complexity index is 128. The van der Waals surface area contributed by atoms with Crippen molar-refractivity contribution in [3.05, 3.63) is 0 Å². The average Bonchev–Trinajstić information content (AvgIpc) is 2.32. The molecule has 0 aromatic heterocycles. The average molecular weight is 268 g/mol. The summed E-state index contributed by atoms with van der Waals surface area (Å²) in [6.07, 6.45) is 1.78. The van der Waals surface area contributed by atoms with E-state index in [0.29, 0.717) is 11.5 Å². The highest BCUT2D eigenvalue weighted by Crippen LogP contribution is 2.35. The van der Waals surface area contributed by atoms with E-state index in [0.717, 1.165) is 17.0 Å². The van der Waals surface area contributed by atoms with E-state index in [-0.39, 0.29) is 0 Å². The van der Waals surface area contributed by atoms with Crippen molar-refractivity contribution in [3.63, 3.8) is 0 Å². The van der Waals surface area contributed by atoms with Gasteiger partial charge in [0.1, 0.15) is 0 Å². The van der Waals surface area contributed by atoms with Crippen molar-refractivity contribution in [3.8, 4) is 0 Å². The van der Waals surface area contributed by atoms with Crippen molar-refractivity contribution in [1.29, 1.82) is 0 Å². The van der Waals surface area contributed by atoms with E-state index >= 15 is 0 Å². The third kappa shape index (κ3) is 2.58. The second-order valence-corrected chi connectivity index (χ2v) is 5.29. The maximum absolute atomic E-state index is 5.63. The van der Waals surface area contributed by atoms with Crippen LogP contribution in [0.15, 0.2) is 0 Å². The molecule has 0 aliphatic carbocycles. The molecular formula is C9H17IO. The highest BCUT2D eigenvalue weighted by atomic mass is 127.